The highest BCUT2D eigenvalue weighted by Gasteiger charge is 2.52. The quantitative estimate of drug-likeness (QED) is 0.663. The molecule has 124 valence electrons. The highest BCUT2D eigenvalue weighted by molar-refractivity contribution is 6.00. The maximum Gasteiger partial charge on any atom is 0.203 e. The molecule has 0 aromatic heterocycles. The Morgan fingerprint density at radius 1 is 0.840 bits per heavy atom. The zero-order chi connectivity index (χ0) is 16.9. The monoisotopic (exact) mass is 330 g/mol. The molecule has 3 aromatic rings. The lowest BCUT2D eigenvalue weighted by molar-refractivity contribution is -0.186. The standard InChI is InChI=1S/C22H18O3/c23-21-14-20(17-10-9-15-5-1-2-6-16(15)13-17)22(24-11-12-25-22)19-8-4-3-7-18(19)21/h1-10,13,20H,11-12,14H2/t20-/m1/s1. The van der Waals surface area contributed by atoms with E-state index in [2.05, 4.69) is 30.3 Å². The lowest BCUT2D eigenvalue weighted by atomic mass is 9.74. The summed E-state index contributed by atoms with van der Waals surface area (Å²) in [5.74, 6) is -0.840. The number of Topliss-reactive ketones (excluding diaryl/α,β-unsaturated/α-hetero) is 1. The Kier molecular flexibility index (Phi) is 3.27. The molecular weight excluding hydrogens is 312 g/mol. The summed E-state index contributed by atoms with van der Waals surface area (Å²) in [7, 11) is 0. The summed E-state index contributed by atoms with van der Waals surface area (Å²) in [6.45, 7) is 1.10. The molecule has 0 bridgehead atoms. The van der Waals surface area contributed by atoms with E-state index in [1.165, 1.54) is 10.8 Å². The summed E-state index contributed by atoms with van der Waals surface area (Å²) < 4.78 is 12.3. The number of carbonyl (C=O) groups excluding carboxylic acids is 1. The Hall–Kier alpha value is -2.49. The van der Waals surface area contributed by atoms with Crippen molar-refractivity contribution in [3.05, 3.63) is 83.4 Å². The normalized spacial score (nSPS) is 21.6. The topological polar surface area (TPSA) is 35.5 Å². The summed E-state index contributed by atoms with van der Waals surface area (Å²) in [4.78, 5) is 12.8. The van der Waals surface area contributed by atoms with Crippen LogP contribution in [-0.4, -0.2) is 19.0 Å². The largest absolute Gasteiger partial charge is 0.343 e. The number of rotatable bonds is 1. The minimum absolute atomic E-state index is 0.137. The molecule has 1 fully saturated rings. The van der Waals surface area contributed by atoms with Crippen molar-refractivity contribution in [1.82, 2.24) is 0 Å². The van der Waals surface area contributed by atoms with Gasteiger partial charge in [-0.1, -0.05) is 66.7 Å². The van der Waals surface area contributed by atoms with E-state index >= 15 is 0 Å². The molecule has 3 nitrogen and oxygen atoms in total. The van der Waals surface area contributed by atoms with Gasteiger partial charge in [0.25, 0.3) is 0 Å². The maximum absolute atomic E-state index is 12.8. The summed E-state index contributed by atoms with van der Waals surface area (Å²) in [6, 6.07) is 22.3. The summed E-state index contributed by atoms with van der Waals surface area (Å²) in [5.41, 5.74) is 2.67. The number of benzene rings is 3. The van der Waals surface area contributed by atoms with Crippen molar-refractivity contribution in [3.63, 3.8) is 0 Å². The Balaban J connectivity index is 1.70. The van der Waals surface area contributed by atoms with Gasteiger partial charge in [-0.25, -0.2) is 0 Å². The van der Waals surface area contributed by atoms with E-state index in [0.717, 1.165) is 16.7 Å². The van der Waals surface area contributed by atoms with Crippen LogP contribution in [0.4, 0.5) is 0 Å². The molecule has 0 radical (unpaired) electrons. The van der Waals surface area contributed by atoms with E-state index < -0.39 is 5.79 Å². The summed E-state index contributed by atoms with van der Waals surface area (Å²) in [6.07, 6.45) is 0.398. The van der Waals surface area contributed by atoms with Crippen LogP contribution in [0.15, 0.2) is 66.7 Å². The number of ketones is 1. The van der Waals surface area contributed by atoms with Crippen LogP contribution in [0.1, 0.15) is 33.8 Å². The molecule has 5 rings (SSSR count). The lowest BCUT2D eigenvalue weighted by Gasteiger charge is -2.40. The molecule has 1 saturated heterocycles. The molecule has 1 aliphatic carbocycles. The second-order valence-electron chi connectivity index (χ2n) is 6.70. The molecule has 0 saturated carbocycles. The first-order chi connectivity index (χ1) is 12.3. The molecule has 2 aliphatic rings. The van der Waals surface area contributed by atoms with E-state index in [1.807, 2.05) is 36.4 Å². The number of ether oxygens (including phenoxy) is 2. The number of hydrogen-bond donors (Lipinski definition) is 0. The predicted molar refractivity (Wildman–Crippen MR) is 95.7 cm³/mol. The molecule has 0 unspecified atom stereocenters. The van der Waals surface area contributed by atoms with Crippen LogP contribution in [0.25, 0.3) is 10.8 Å². The van der Waals surface area contributed by atoms with Crippen LogP contribution < -0.4 is 0 Å². The van der Waals surface area contributed by atoms with Gasteiger partial charge in [0.1, 0.15) is 0 Å². The fraction of sp³-hybridized carbons (Fsp3) is 0.227. The minimum Gasteiger partial charge on any atom is -0.343 e. The maximum atomic E-state index is 12.8. The Morgan fingerprint density at radius 2 is 1.56 bits per heavy atom. The van der Waals surface area contributed by atoms with Gasteiger partial charge in [-0.15, -0.1) is 0 Å². The van der Waals surface area contributed by atoms with Gasteiger partial charge in [0.2, 0.25) is 5.79 Å². The highest BCUT2D eigenvalue weighted by Crippen LogP contribution is 2.50. The van der Waals surface area contributed by atoms with Gasteiger partial charge in [-0.2, -0.15) is 0 Å². The molecule has 25 heavy (non-hydrogen) atoms. The van der Waals surface area contributed by atoms with Gasteiger partial charge in [0.15, 0.2) is 5.78 Å². The molecule has 0 amide bonds. The van der Waals surface area contributed by atoms with Crippen LogP contribution >= 0.6 is 0 Å². The van der Waals surface area contributed by atoms with Gasteiger partial charge in [0.05, 0.1) is 13.2 Å². The molecule has 1 heterocycles. The van der Waals surface area contributed by atoms with E-state index in [-0.39, 0.29) is 11.7 Å². The van der Waals surface area contributed by atoms with E-state index in [0.29, 0.717) is 19.6 Å². The van der Waals surface area contributed by atoms with Crippen LogP contribution in [0.5, 0.6) is 0 Å². The minimum atomic E-state index is -0.854. The summed E-state index contributed by atoms with van der Waals surface area (Å²) >= 11 is 0. The van der Waals surface area contributed by atoms with Crippen molar-refractivity contribution in [2.45, 2.75) is 18.1 Å². The van der Waals surface area contributed by atoms with Crippen LogP contribution in [-0.2, 0) is 15.3 Å². The van der Waals surface area contributed by atoms with E-state index in [9.17, 15) is 4.79 Å². The van der Waals surface area contributed by atoms with Gasteiger partial charge in [-0.05, 0) is 16.3 Å². The molecule has 1 aliphatic heterocycles. The first-order valence-electron chi connectivity index (χ1n) is 8.67. The van der Waals surface area contributed by atoms with Crippen LogP contribution in [0.3, 0.4) is 0 Å². The predicted octanol–water partition coefficient (Wildman–Crippen LogP) is 4.41. The van der Waals surface area contributed by atoms with Gasteiger partial charge in [-0.3, -0.25) is 4.79 Å². The van der Waals surface area contributed by atoms with E-state index in [1.54, 1.807) is 0 Å². The van der Waals surface area contributed by atoms with Crippen molar-refractivity contribution < 1.29 is 14.3 Å². The lowest BCUT2D eigenvalue weighted by Crippen LogP contribution is -2.41. The molecule has 3 heteroatoms. The average molecular weight is 330 g/mol. The van der Waals surface area contributed by atoms with Crippen molar-refractivity contribution in [2.24, 2.45) is 0 Å². The smallest absolute Gasteiger partial charge is 0.203 e. The molecule has 0 N–H and O–H groups in total. The summed E-state index contributed by atoms with van der Waals surface area (Å²) in [5, 5.41) is 2.36. The Labute approximate surface area is 146 Å². The third kappa shape index (κ3) is 2.16. The van der Waals surface area contributed by atoms with Crippen LogP contribution in [0.2, 0.25) is 0 Å². The van der Waals surface area contributed by atoms with Crippen molar-refractivity contribution in [3.8, 4) is 0 Å². The molecular formula is C22H18O3. The molecule has 1 spiro atoms. The number of fused-ring (bicyclic) bond motifs is 3. The first-order valence-corrected chi connectivity index (χ1v) is 8.67. The fourth-order valence-corrected chi connectivity index (χ4v) is 4.19. The SMILES string of the molecule is O=C1C[C@H](c2ccc3ccccc3c2)C2(OCCO2)c2ccccc21. The van der Waals surface area contributed by atoms with Crippen molar-refractivity contribution in [2.75, 3.05) is 13.2 Å². The first kappa shape index (κ1) is 14.8. The fourth-order valence-electron chi connectivity index (χ4n) is 4.19. The number of hydrogen-bond acceptors (Lipinski definition) is 3. The number of carbonyl (C=O) groups is 1. The van der Waals surface area contributed by atoms with Crippen molar-refractivity contribution in [1.29, 1.82) is 0 Å². The Bertz CT molecular complexity index is 970. The van der Waals surface area contributed by atoms with Gasteiger partial charge in [0, 0.05) is 23.5 Å². The van der Waals surface area contributed by atoms with Gasteiger partial charge < -0.3 is 9.47 Å². The Morgan fingerprint density at radius 3 is 2.40 bits per heavy atom. The zero-order valence-electron chi connectivity index (χ0n) is 13.8. The van der Waals surface area contributed by atoms with Crippen LogP contribution in [0, 0.1) is 0 Å². The van der Waals surface area contributed by atoms with Gasteiger partial charge >= 0.3 is 0 Å². The van der Waals surface area contributed by atoms with Crippen molar-refractivity contribution >= 4 is 16.6 Å². The third-order valence-corrected chi connectivity index (χ3v) is 5.34. The zero-order valence-corrected chi connectivity index (χ0v) is 13.8. The molecule has 1 atom stereocenters. The third-order valence-electron chi connectivity index (χ3n) is 5.34. The second kappa shape index (κ2) is 5.51. The highest BCUT2D eigenvalue weighted by atomic mass is 16.7. The second-order valence-corrected chi connectivity index (χ2v) is 6.70. The molecule has 3 aromatic carbocycles. The van der Waals surface area contributed by atoms with E-state index in [4.69, 9.17) is 9.47 Å². The average Bonchev–Trinajstić information content (AvgIpc) is 3.15.